The first-order chi connectivity index (χ1) is 16.6. The maximum atomic E-state index is 15.0. The summed E-state index contributed by atoms with van der Waals surface area (Å²) in [6, 6.07) is 8.20. The molecule has 3 aromatic rings. The number of aromatic nitrogens is 4. The zero-order valence-electron chi connectivity index (χ0n) is 18.2. The van der Waals surface area contributed by atoms with Gasteiger partial charge in [-0.3, -0.25) is 20.2 Å². The van der Waals surface area contributed by atoms with Crippen LogP contribution in [0.15, 0.2) is 55.0 Å². The van der Waals surface area contributed by atoms with Gasteiger partial charge in [-0.05, 0) is 43.2 Å². The van der Waals surface area contributed by atoms with Crippen molar-refractivity contribution in [2.45, 2.75) is 31.6 Å². The molecule has 2 N–H and O–H groups in total. The largest absolute Gasteiger partial charge is 0.442 e. The first-order valence-electron chi connectivity index (χ1n) is 10.9. The average molecular weight is 466 g/mol. The van der Waals surface area contributed by atoms with Crippen molar-refractivity contribution in [2.24, 2.45) is 0 Å². The molecule has 1 saturated heterocycles. The number of anilines is 1. The van der Waals surface area contributed by atoms with Gasteiger partial charge in [-0.15, -0.1) is 5.10 Å². The van der Waals surface area contributed by atoms with Gasteiger partial charge in [0.05, 0.1) is 36.4 Å². The van der Waals surface area contributed by atoms with E-state index in [0.29, 0.717) is 41.9 Å². The molecular weight excluding hydrogens is 443 g/mol. The molecule has 0 radical (unpaired) electrons. The number of amides is 1. The molecule has 4 heterocycles. The number of carbonyl (C=O) groups excluding carboxylic acids is 1. The zero-order valence-corrected chi connectivity index (χ0v) is 18.2. The molecular formula is C23H23FN6O4. The number of benzene rings is 1. The number of cyclic esters (lactones) is 1. The number of hydroxylamine groups is 1. The summed E-state index contributed by atoms with van der Waals surface area (Å²) in [5.74, 6) is -0.467. The highest BCUT2D eigenvalue weighted by Gasteiger charge is 2.33. The predicted molar refractivity (Wildman–Crippen MR) is 120 cm³/mol. The van der Waals surface area contributed by atoms with Crippen LogP contribution in [0.25, 0.3) is 16.8 Å². The minimum absolute atomic E-state index is 0.114. The normalized spacial score (nSPS) is 19.8. The van der Waals surface area contributed by atoms with Crippen molar-refractivity contribution in [3.63, 3.8) is 0 Å². The summed E-state index contributed by atoms with van der Waals surface area (Å²) in [6.45, 7) is 0.777. The average Bonchev–Trinajstić information content (AvgIpc) is 3.60. The Hall–Kier alpha value is -3.83. The summed E-state index contributed by atoms with van der Waals surface area (Å²) in [4.78, 5) is 23.6. The number of aliphatic hydroxyl groups is 1. The number of rotatable bonds is 8. The lowest BCUT2D eigenvalue weighted by atomic mass is 10.1. The molecule has 2 aromatic heterocycles. The van der Waals surface area contributed by atoms with Crippen molar-refractivity contribution in [1.29, 1.82) is 0 Å². The van der Waals surface area contributed by atoms with E-state index in [-0.39, 0.29) is 19.3 Å². The van der Waals surface area contributed by atoms with Crippen LogP contribution >= 0.6 is 0 Å². The molecule has 1 fully saturated rings. The molecule has 0 aliphatic carbocycles. The highest BCUT2D eigenvalue weighted by atomic mass is 19.1. The Kier molecular flexibility index (Phi) is 6.19. The molecule has 0 spiro atoms. The number of pyridine rings is 1. The lowest BCUT2D eigenvalue weighted by Gasteiger charge is -2.14. The highest BCUT2D eigenvalue weighted by molar-refractivity contribution is 5.90. The number of halogens is 1. The Morgan fingerprint density at radius 1 is 1.26 bits per heavy atom. The number of hydrogen-bond acceptors (Lipinski definition) is 8. The van der Waals surface area contributed by atoms with E-state index in [0.717, 1.165) is 5.70 Å². The Bertz CT molecular complexity index is 1180. The van der Waals surface area contributed by atoms with Gasteiger partial charge in [0.25, 0.3) is 0 Å². The fourth-order valence-corrected chi connectivity index (χ4v) is 3.95. The van der Waals surface area contributed by atoms with Gasteiger partial charge in [0.2, 0.25) is 0 Å². The minimum atomic E-state index is -0.528. The second-order valence-electron chi connectivity index (χ2n) is 8.04. The lowest BCUT2D eigenvalue weighted by Crippen LogP contribution is -2.26. The molecule has 1 aromatic carbocycles. The summed E-state index contributed by atoms with van der Waals surface area (Å²) in [6.07, 6.45) is 7.04. The molecule has 2 aliphatic rings. The molecule has 0 unspecified atom stereocenters. The van der Waals surface area contributed by atoms with E-state index in [1.54, 1.807) is 47.5 Å². The fourth-order valence-electron chi connectivity index (χ4n) is 3.95. The van der Waals surface area contributed by atoms with Gasteiger partial charge in [0, 0.05) is 30.1 Å². The van der Waals surface area contributed by atoms with Gasteiger partial charge in [-0.1, -0.05) is 11.3 Å². The predicted octanol–water partition coefficient (Wildman–Crippen LogP) is 2.52. The van der Waals surface area contributed by atoms with Crippen LogP contribution in [0.3, 0.4) is 0 Å². The van der Waals surface area contributed by atoms with Crippen molar-refractivity contribution in [3.05, 3.63) is 66.5 Å². The van der Waals surface area contributed by atoms with Crippen LogP contribution < -0.4 is 10.4 Å². The Balaban J connectivity index is 1.27. The highest BCUT2D eigenvalue weighted by Crippen LogP contribution is 2.30. The maximum Gasteiger partial charge on any atom is 0.414 e. The van der Waals surface area contributed by atoms with Crippen molar-refractivity contribution in [3.8, 4) is 11.1 Å². The zero-order chi connectivity index (χ0) is 23.5. The summed E-state index contributed by atoms with van der Waals surface area (Å²) >= 11 is 0. The second kappa shape index (κ2) is 9.57. The monoisotopic (exact) mass is 466 g/mol. The topological polar surface area (TPSA) is 115 Å². The van der Waals surface area contributed by atoms with E-state index in [4.69, 9.17) is 14.7 Å². The molecule has 0 bridgehead atoms. The maximum absolute atomic E-state index is 15.0. The Labute approximate surface area is 194 Å². The van der Waals surface area contributed by atoms with E-state index in [2.05, 4.69) is 20.8 Å². The van der Waals surface area contributed by atoms with Crippen molar-refractivity contribution in [1.82, 2.24) is 25.5 Å². The Morgan fingerprint density at radius 2 is 2.18 bits per heavy atom. The third-order valence-electron chi connectivity index (χ3n) is 5.67. The van der Waals surface area contributed by atoms with Crippen LogP contribution in [0.1, 0.15) is 18.5 Å². The van der Waals surface area contributed by atoms with Gasteiger partial charge in [-0.2, -0.15) is 0 Å². The van der Waals surface area contributed by atoms with Gasteiger partial charge >= 0.3 is 6.09 Å². The third kappa shape index (κ3) is 4.61. The van der Waals surface area contributed by atoms with Crippen LogP contribution in [0.2, 0.25) is 0 Å². The van der Waals surface area contributed by atoms with Gasteiger partial charge in [-0.25, -0.2) is 13.9 Å². The SMILES string of the molecule is O=C1O[C@H](Cn2ccnn2)CN1c1ccc(-c2ccc(C3=C[C@H](CCCO)ON3)nc2)c(F)c1. The number of ether oxygens (including phenoxy) is 1. The summed E-state index contributed by atoms with van der Waals surface area (Å²) in [5, 5.41) is 16.6. The number of carbonyl (C=O) groups is 1. The van der Waals surface area contributed by atoms with E-state index in [1.807, 2.05) is 6.08 Å². The van der Waals surface area contributed by atoms with Crippen LogP contribution in [-0.4, -0.2) is 56.5 Å². The Morgan fingerprint density at radius 3 is 2.91 bits per heavy atom. The third-order valence-corrected chi connectivity index (χ3v) is 5.67. The van der Waals surface area contributed by atoms with Gasteiger partial charge < -0.3 is 9.84 Å². The second-order valence-corrected chi connectivity index (χ2v) is 8.04. The molecule has 11 heteroatoms. The van der Waals surface area contributed by atoms with Crippen LogP contribution in [0.4, 0.5) is 14.9 Å². The van der Waals surface area contributed by atoms with E-state index in [1.165, 1.54) is 11.0 Å². The quantitative estimate of drug-likeness (QED) is 0.521. The van der Waals surface area contributed by atoms with Gasteiger partial charge in [0.1, 0.15) is 18.0 Å². The van der Waals surface area contributed by atoms with Crippen LogP contribution in [0.5, 0.6) is 0 Å². The van der Waals surface area contributed by atoms with Crippen molar-refractivity contribution in [2.75, 3.05) is 18.1 Å². The molecule has 1 amide bonds. The molecule has 176 valence electrons. The first kappa shape index (κ1) is 22.0. The van der Waals surface area contributed by atoms with Crippen molar-refractivity contribution < 1.29 is 23.9 Å². The molecule has 10 nitrogen and oxygen atoms in total. The fraction of sp³-hybridized carbons (Fsp3) is 0.304. The summed E-state index contributed by atoms with van der Waals surface area (Å²) < 4.78 is 22.0. The summed E-state index contributed by atoms with van der Waals surface area (Å²) in [7, 11) is 0. The number of nitrogens with one attached hydrogen (secondary N) is 1. The molecule has 0 saturated carbocycles. The molecule has 34 heavy (non-hydrogen) atoms. The smallest absolute Gasteiger partial charge is 0.414 e. The molecule has 2 aliphatic heterocycles. The van der Waals surface area contributed by atoms with Crippen LogP contribution in [0, 0.1) is 5.82 Å². The van der Waals surface area contributed by atoms with E-state index < -0.39 is 18.0 Å². The van der Waals surface area contributed by atoms with E-state index >= 15 is 0 Å². The lowest BCUT2D eigenvalue weighted by molar-refractivity contribution is 0.0428. The van der Waals surface area contributed by atoms with Gasteiger partial charge in [0.15, 0.2) is 0 Å². The van der Waals surface area contributed by atoms with Crippen LogP contribution in [-0.2, 0) is 16.1 Å². The summed E-state index contributed by atoms with van der Waals surface area (Å²) in [5.41, 5.74) is 5.66. The minimum Gasteiger partial charge on any atom is -0.442 e. The molecule has 5 rings (SSSR count). The number of hydrogen-bond donors (Lipinski definition) is 2. The first-order valence-corrected chi connectivity index (χ1v) is 10.9. The number of aliphatic hydroxyl groups excluding tert-OH is 1. The van der Waals surface area contributed by atoms with E-state index in [9.17, 15) is 9.18 Å². The standard InChI is InChI=1S/C23H23FN6O4/c24-20-10-16(30-14-18(33-23(30)32)13-29-8-7-26-28-29)4-5-19(20)15-3-6-21(25-12-15)22-11-17(34-27-22)2-1-9-31/h3-8,10-12,17-18,27,31H,1-2,9,13-14H2/t17-,18+/m0/s1. The van der Waals surface area contributed by atoms with Crippen molar-refractivity contribution >= 4 is 17.5 Å². The number of nitrogens with zero attached hydrogens (tertiary/aromatic N) is 5. The molecule has 2 atom stereocenters.